The molecule has 4 nitrogen and oxygen atoms in total. The van der Waals surface area contributed by atoms with Crippen molar-refractivity contribution in [2.75, 3.05) is 26.7 Å². The molecule has 2 fully saturated rings. The SMILES string of the molecule is CCNC1(C(=O)O)CCCC1CCN(C)CC1CC1. The summed E-state index contributed by atoms with van der Waals surface area (Å²) in [6.07, 6.45) is 6.64. The largest absolute Gasteiger partial charge is 0.480 e. The van der Waals surface area contributed by atoms with Crippen LogP contribution in [0.15, 0.2) is 0 Å². The van der Waals surface area contributed by atoms with E-state index in [-0.39, 0.29) is 5.92 Å². The van der Waals surface area contributed by atoms with E-state index in [9.17, 15) is 9.90 Å². The number of nitrogens with zero attached hydrogens (tertiary/aromatic N) is 1. The first-order chi connectivity index (χ1) is 9.08. The normalized spacial score (nSPS) is 31.0. The predicted octanol–water partition coefficient (Wildman–Crippen LogP) is 1.95. The maximum atomic E-state index is 11.7. The summed E-state index contributed by atoms with van der Waals surface area (Å²) in [5.74, 6) is 0.542. The Hall–Kier alpha value is -0.610. The second-order valence-corrected chi connectivity index (χ2v) is 6.39. The van der Waals surface area contributed by atoms with Gasteiger partial charge in [0.15, 0.2) is 0 Å². The molecule has 0 radical (unpaired) electrons. The molecule has 2 rings (SSSR count). The number of carboxylic acid groups (broad SMARTS) is 1. The van der Waals surface area contributed by atoms with Gasteiger partial charge in [0.2, 0.25) is 0 Å². The Morgan fingerprint density at radius 2 is 2.16 bits per heavy atom. The van der Waals surface area contributed by atoms with Gasteiger partial charge in [-0.25, -0.2) is 0 Å². The quantitative estimate of drug-likeness (QED) is 0.706. The Kier molecular flexibility index (Phi) is 4.85. The Morgan fingerprint density at radius 3 is 2.74 bits per heavy atom. The lowest BCUT2D eigenvalue weighted by atomic mass is 9.84. The van der Waals surface area contributed by atoms with Crippen LogP contribution in [0, 0.1) is 11.8 Å². The monoisotopic (exact) mass is 268 g/mol. The van der Waals surface area contributed by atoms with Crippen molar-refractivity contribution in [2.24, 2.45) is 11.8 Å². The molecule has 2 N–H and O–H groups in total. The van der Waals surface area contributed by atoms with Crippen LogP contribution >= 0.6 is 0 Å². The first-order valence-corrected chi connectivity index (χ1v) is 7.75. The van der Waals surface area contributed by atoms with Crippen molar-refractivity contribution in [3.8, 4) is 0 Å². The Morgan fingerprint density at radius 1 is 1.42 bits per heavy atom. The van der Waals surface area contributed by atoms with E-state index in [2.05, 4.69) is 17.3 Å². The number of carboxylic acids is 1. The van der Waals surface area contributed by atoms with Crippen molar-refractivity contribution in [3.05, 3.63) is 0 Å². The van der Waals surface area contributed by atoms with E-state index in [4.69, 9.17) is 0 Å². The highest BCUT2D eigenvalue weighted by Crippen LogP contribution is 2.38. The van der Waals surface area contributed by atoms with Gasteiger partial charge in [-0.3, -0.25) is 4.79 Å². The van der Waals surface area contributed by atoms with Crippen LogP contribution in [0.2, 0.25) is 0 Å². The van der Waals surface area contributed by atoms with Crippen LogP contribution < -0.4 is 5.32 Å². The number of hydrogen-bond donors (Lipinski definition) is 2. The van der Waals surface area contributed by atoms with Crippen LogP contribution in [-0.2, 0) is 4.79 Å². The fourth-order valence-corrected chi connectivity index (χ4v) is 3.58. The van der Waals surface area contributed by atoms with Crippen LogP contribution in [0.4, 0.5) is 0 Å². The van der Waals surface area contributed by atoms with Gasteiger partial charge >= 0.3 is 5.97 Å². The maximum Gasteiger partial charge on any atom is 0.324 e. The van der Waals surface area contributed by atoms with E-state index in [0.717, 1.165) is 44.7 Å². The van der Waals surface area contributed by atoms with Gasteiger partial charge in [-0.05, 0) is 64.1 Å². The maximum absolute atomic E-state index is 11.7. The minimum atomic E-state index is -0.658. The highest BCUT2D eigenvalue weighted by atomic mass is 16.4. The summed E-state index contributed by atoms with van der Waals surface area (Å²) in [6, 6.07) is 0. The molecule has 0 spiro atoms. The summed E-state index contributed by atoms with van der Waals surface area (Å²) in [5, 5.41) is 12.9. The predicted molar refractivity (Wildman–Crippen MR) is 76.2 cm³/mol. The van der Waals surface area contributed by atoms with Crippen molar-refractivity contribution in [1.82, 2.24) is 10.2 Å². The molecule has 0 amide bonds. The zero-order chi connectivity index (χ0) is 13.9. The number of nitrogens with one attached hydrogen (secondary N) is 1. The standard InChI is InChI=1S/C15H28N2O2/c1-3-16-15(14(18)19)9-4-5-13(15)8-10-17(2)11-12-6-7-12/h12-13,16H,3-11H2,1-2H3,(H,18,19). The number of likely N-dealkylation sites (N-methyl/N-ethyl adjacent to an activating group) is 1. The van der Waals surface area contributed by atoms with Gasteiger partial charge in [-0.15, -0.1) is 0 Å². The average molecular weight is 268 g/mol. The van der Waals surface area contributed by atoms with Crippen molar-refractivity contribution in [2.45, 2.75) is 51.0 Å². The van der Waals surface area contributed by atoms with E-state index >= 15 is 0 Å². The van der Waals surface area contributed by atoms with Crippen molar-refractivity contribution < 1.29 is 9.90 Å². The molecule has 0 bridgehead atoms. The van der Waals surface area contributed by atoms with Crippen molar-refractivity contribution in [1.29, 1.82) is 0 Å². The minimum Gasteiger partial charge on any atom is -0.480 e. The first-order valence-electron chi connectivity index (χ1n) is 7.75. The molecule has 0 aromatic carbocycles. The lowest BCUT2D eigenvalue weighted by Gasteiger charge is -2.33. The fraction of sp³-hybridized carbons (Fsp3) is 0.933. The van der Waals surface area contributed by atoms with Crippen molar-refractivity contribution in [3.63, 3.8) is 0 Å². The summed E-state index contributed by atoms with van der Waals surface area (Å²) in [6.45, 7) is 4.95. The lowest BCUT2D eigenvalue weighted by Crippen LogP contribution is -2.55. The summed E-state index contributed by atoms with van der Waals surface area (Å²) < 4.78 is 0. The Labute approximate surface area is 116 Å². The van der Waals surface area contributed by atoms with E-state index in [1.54, 1.807) is 0 Å². The third-order valence-electron chi connectivity index (χ3n) is 4.82. The minimum absolute atomic E-state index is 0.284. The Bertz CT molecular complexity index is 317. The van der Waals surface area contributed by atoms with Crippen LogP contribution in [0.3, 0.4) is 0 Å². The molecule has 0 aliphatic heterocycles. The van der Waals surface area contributed by atoms with Crippen LogP contribution in [0.5, 0.6) is 0 Å². The first kappa shape index (κ1) is 14.8. The molecule has 2 saturated carbocycles. The number of hydrogen-bond acceptors (Lipinski definition) is 3. The van der Waals surface area contributed by atoms with Gasteiger partial charge in [0.05, 0.1) is 0 Å². The molecule has 0 aromatic rings. The van der Waals surface area contributed by atoms with Gasteiger partial charge in [0.25, 0.3) is 0 Å². The van der Waals surface area contributed by atoms with Crippen molar-refractivity contribution >= 4 is 5.97 Å². The molecular weight excluding hydrogens is 240 g/mol. The number of carbonyl (C=O) groups is 1. The fourth-order valence-electron chi connectivity index (χ4n) is 3.58. The van der Waals surface area contributed by atoms with Gasteiger partial charge in [0, 0.05) is 6.54 Å². The number of aliphatic carboxylic acids is 1. The highest BCUT2D eigenvalue weighted by Gasteiger charge is 2.48. The van der Waals surface area contributed by atoms with E-state index in [1.165, 1.54) is 19.4 Å². The molecule has 2 aliphatic rings. The topological polar surface area (TPSA) is 52.6 Å². The molecule has 0 saturated heterocycles. The highest BCUT2D eigenvalue weighted by molar-refractivity contribution is 5.79. The van der Waals surface area contributed by atoms with Crippen LogP contribution in [-0.4, -0.2) is 48.2 Å². The lowest BCUT2D eigenvalue weighted by molar-refractivity contribution is -0.146. The molecule has 0 aromatic heterocycles. The zero-order valence-corrected chi connectivity index (χ0v) is 12.3. The Balaban J connectivity index is 1.87. The second-order valence-electron chi connectivity index (χ2n) is 6.39. The third kappa shape index (κ3) is 3.48. The smallest absolute Gasteiger partial charge is 0.324 e. The molecule has 4 heteroatoms. The molecule has 2 aliphatic carbocycles. The molecule has 0 heterocycles. The van der Waals surface area contributed by atoms with E-state index < -0.39 is 11.5 Å². The van der Waals surface area contributed by atoms with Gasteiger partial charge < -0.3 is 15.3 Å². The zero-order valence-electron chi connectivity index (χ0n) is 12.3. The molecule has 110 valence electrons. The molecule has 19 heavy (non-hydrogen) atoms. The third-order valence-corrected chi connectivity index (χ3v) is 4.82. The molecular formula is C15H28N2O2. The van der Waals surface area contributed by atoms with E-state index in [0.29, 0.717) is 0 Å². The second kappa shape index (κ2) is 6.23. The summed E-state index contributed by atoms with van der Waals surface area (Å²) in [4.78, 5) is 14.1. The molecule has 2 unspecified atom stereocenters. The van der Waals surface area contributed by atoms with Gasteiger partial charge in [-0.1, -0.05) is 13.3 Å². The average Bonchev–Trinajstić information content (AvgIpc) is 3.06. The summed E-state index contributed by atoms with van der Waals surface area (Å²) >= 11 is 0. The van der Waals surface area contributed by atoms with Gasteiger partial charge in [0.1, 0.15) is 5.54 Å². The summed E-state index contributed by atoms with van der Waals surface area (Å²) in [7, 11) is 2.17. The van der Waals surface area contributed by atoms with Crippen LogP contribution in [0.1, 0.15) is 45.4 Å². The van der Waals surface area contributed by atoms with Crippen LogP contribution in [0.25, 0.3) is 0 Å². The van der Waals surface area contributed by atoms with E-state index in [1.807, 2.05) is 6.92 Å². The van der Waals surface area contributed by atoms with Gasteiger partial charge in [-0.2, -0.15) is 0 Å². The molecule has 2 atom stereocenters. The number of rotatable bonds is 8. The summed E-state index contributed by atoms with van der Waals surface area (Å²) in [5.41, 5.74) is -0.658.